The second-order valence-corrected chi connectivity index (χ2v) is 17.5. The zero-order valence-corrected chi connectivity index (χ0v) is 35.6. The number of nitrogens with one attached hydrogen (secondary N) is 3. The number of hydrogen-bond acceptors (Lipinski definition) is 17. The Labute approximate surface area is 351 Å². The molecule has 2 atom stereocenters. The number of carbonyl (C=O) groups is 5. The van der Waals surface area contributed by atoms with E-state index in [1.165, 1.54) is 69.7 Å². The number of allylic oxidation sites excluding steroid dienone is 1. The van der Waals surface area contributed by atoms with Crippen molar-refractivity contribution in [2.24, 2.45) is 11.7 Å². The van der Waals surface area contributed by atoms with Gasteiger partial charge in [-0.2, -0.15) is 0 Å². The molecule has 300 valence electrons. The first kappa shape index (κ1) is 42.2. The maximum Gasteiger partial charge on any atom is 0.275 e. The van der Waals surface area contributed by atoms with Crippen molar-refractivity contribution in [1.82, 2.24) is 45.9 Å². The summed E-state index contributed by atoms with van der Waals surface area (Å²) in [5.41, 5.74) is 8.33. The number of amides is 4. The Bertz CT molecular complexity index is 2530. The molecule has 0 fully saturated rings. The Morgan fingerprint density at radius 2 is 1.41 bits per heavy atom. The van der Waals surface area contributed by atoms with Crippen LogP contribution in [0.25, 0.3) is 43.4 Å². The Morgan fingerprint density at radius 3 is 2.10 bits per heavy atom. The molecule has 58 heavy (non-hydrogen) atoms. The van der Waals surface area contributed by atoms with Gasteiger partial charge in [0.25, 0.3) is 23.6 Å². The second-order valence-electron chi connectivity index (χ2n) is 13.1. The summed E-state index contributed by atoms with van der Waals surface area (Å²) in [4.78, 5) is 89.7. The molecule has 21 heteroatoms. The van der Waals surface area contributed by atoms with Crippen LogP contribution in [-0.2, 0) is 16.0 Å². The Kier molecular flexibility index (Phi) is 13.4. The molecule has 6 N–H and O–H groups in total. The number of aliphatic hydroxyl groups is 1. The van der Waals surface area contributed by atoms with E-state index >= 15 is 0 Å². The largest absolute Gasteiger partial charge is 0.391 e. The van der Waals surface area contributed by atoms with Gasteiger partial charge in [-0.3, -0.25) is 24.0 Å². The molecule has 4 amide bonds. The van der Waals surface area contributed by atoms with Gasteiger partial charge in [0.15, 0.2) is 0 Å². The van der Waals surface area contributed by atoms with Gasteiger partial charge in [-0.1, -0.05) is 19.9 Å². The Hall–Kier alpha value is -5.45. The van der Waals surface area contributed by atoms with Crippen LogP contribution < -0.4 is 21.7 Å². The van der Waals surface area contributed by atoms with Gasteiger partial charge in [0, 0.05) is 38.9 Å². The molecule has 6 heterocycles. The second kappa shape index (κ2) is 18.4. The maximum atomic E-state index is 13.3. The van der Waals surface area contributed by atoms with Gasteiger partial charge in [-0.05, 0) is 38.8 Å². The van der Waals surface area contributed by atoms with E-state index in [1.54, 1.807) is 52.9 Å². The summed E-state index contributed by atoms with van der Waals surface area (Å²) in [6, 6.07) is 2.70. The van der Waals surface area contributed by atoms with E-state index in [0.717, 1.165) is 11.4 Å². The highest BCUT2D eigenvalue weighted by atomic mass is 32.1. The predicted octanol–water partition coefficient (Wildman–Crippen LogP) is 5.52. The number of hydrogen-bond donors (Lipinski definition) is 5. The molecule has 6 rings (SSSR count). The molecule has 0 saturated heterocycles. The first-order valence-electron chi connectivity index (χ1n) is 17.5. The summed E-state index contributed by atoms with van der Waals surface area (Å²) >= 11 is 6.36. The van der Waals surface area contributed by atoms with Crippen LogP contribution in [-0.4, -0.2) is 77.1 Å². The summed E-state index contributed by atoms with van der Waals surface area (Å²) in [5, 5.41) is 29.8. The molecule has 16 nitrogen and oxygen atoms in total. The summed E-state index contributed by atoms with van der Waals surface area (Å²) in [7, 11) is 0. The van der Waals surface area contributed by atoms with E-state index in [9.17, 15) is 29.1 Å². The first-order valence-corrected chi connectivity index (χ1v) is 21.9. The normalized spacial score (nSPS) is 12.6. The maximum absolute atomic E-state index is 13.3. The highest BCUT2D eigenvalue weighted by molar-refractivity contribution is 7.15. The van der Waals surface area contributed by atoms with Gasteiger partial charge in [0.05, 0.1) is 23.4 Å². The van der Waals surface area contributed by atoms with Crippen molar-refractivity contribution in [1.29, 1.82) is 0 Å². The average molecular weight is 877 g/mol. The number of nitrogens with zero attached hydrogens (tertiary/aromatic N) is 6. The number of aliphatic hydroxyl groups excluding tert-OH is 1. The standard InChI is InChI=1S/C37H36N10O6S5/c1-6-20(31(51)39-10-17(4)48)42-32(52)25-14-56-36(45-25)26-15-57-35(46-26)21-8-7-19(34-44-23(12-55-34)30(38)50)29(41-21)22-11-58-37(43-22)28(18(5)49)47-33(53)24-13-54-27(40-24)9-16(2)3/h6-8,11-16,18,28,49H,9-10H2,1-5H3,(H2,38,50)(H,39,51)(H,42,52)(H,47,53)/b20-6-/t18-,28+/m1/s1. The molecule has 0 radical (unpaired) electrons. The number of rotatable bonds is 16. The van der Waals surface area contributed by atoms with Crippen LogP contribution in [0.5, 0.6) is 0 Å². The summed E-state index contributed by atoms with van der Waals surface area (Å²) in [5.74, 6) is -2.15. The molecular formula is C37H36N10O6S5. The van der Waals surface area contributed by atoms with Crippen molar-refractivity contribution in [3.8, 4) is 43.4 Å². The number of aromatic nitrogens is 6. The number of Topliss-reactive ketones (excluding diaryl/α,β-unsaturated/α-hetero) is 1. The van der Waals surface area contributed by atoms with Gasteiger partial charge in [0.2, 0.25) is 0 Å². The van der Waals surface area contributed by atoms with Crippen molar-refractivity contribution >= 4 is 86.1 Å². The molecule has 6 aromatic rings. The molecule has 0 unspecified atom stereocenters. The molecule has 0 aliphatic heterocycles. The van der Waals surface area contributed by atoms with Crippen LogP contribution in [0.4, 0.5) is 0 Å². The van der Waals surface area contributed by atoms with Crippen molar-refractivity contribution < 1.29 is 29.1 Å². The van der Waals surface area contributed by atoms with Gasteiger partial charge in [-0.25, -0.2) is 29.9 Å². The fourth-order valence-corrected chi connectivity index (χ4v) is 9.57. The third-order valence-electron chi connectivity index (χ3n) is 8.01. The smallest absolute Gasteiger partial charge is 0.275 e. The monoisotopic (exact) mass is 876 g/mol. The number of nitrogens with two attached hydrogens (primary N) is 1. The molecule has 0 saturated carbocycles. The SMILES string of the molecule is C/C=C(\NC(=O)c1csc(-c2csc(-c3ccc(-c4nc(C(N)=O)cs4)c(-c4csc([C@@H](NC(=O)c5csc(CC(C)C)n5)[C@@H](C)O)n4)n3)n2)n1)C(=O)NCC(C)=O. The number of primary amides is 1. The minimum absolute atomic E-state index is 0.0182. The Balaban J connectivity index is 1.27. The third kappa shape index (κ3) is 9.97. The molecule has 0 aliphatic rings. The third-order valence-corrected chi connectivity index (χ3v) is 12.4. The predicted molar refractivity (Wildman–Crippen MR) is 225 cm³/mol. The summed E-state index contributed by atoms with van der Waals surface area (Å²) < 4.78 is 0. The molecule has 6 aromatic heterocycles. The molecule has 0 aliphatic carbocycles. The fraction of sp³-hybridized carbons (Fsp3) is 0.270. The van der Waals surface area contributed by atoms with Crippen LogP contribution in [0, 0.1) is 5.92 Å². The van der Waals surface area contributed by atoms with E-state index in [-0.39, 0.29) is 35.1 Å². The molecule has 0 bridgehead atoms. The minimum Gasteiger partial charge on any atom is -0.391 e. The lowest BCUT2D eigenvalue weighted by atomic mass is 10.1. The molecular weight excluding hydrogens is 841 g/mol. The van der Waals surface area contributed by atoms with Gasteiger partial charge < -0.3 is 26.8 Å². The fourth-order valence-electron chi connectivity index (χ4n) is 5.19. The minimum atomic E-state index is -0.999. The van der Waals surface area contributed by atoms with Crippen LogP contribution in [0.2, 0.25) is 0 Å². The Morgan fingerprint density at radius 1 is 0.759 bits per heavy atom. The molecule has 0 aromatic carbocycles. The van der Waals surface area contributed by atoms with Crippen LogP contribution in [0.1, 0.15) is 82.1 Å². The molecule has 0 spiro atoms. The highest BCUT2D eigenvalue weighted by Crippen LogP contribution is 2.38. The van der Waals surface area contributed by atoms with E-state index in [1.807, 2.05) is 0 Å². The van der Waals surface area contributed by atoms with E-state index < -0.39 is 35.8 Å². The topological polar surface area (TPSA) is 245 Å². The lowest BCUT2D eigenvalue weighted by Crippen LogP contribution is -2.36. The lowest BCUT2D eigenvalue weighted by Gasteiger charge is -2.18. The summed E-state index contributed by atoms with van der Waals surface area (Å²) in [6.07, 6.45) is 1.18. The van der Waals surface area contributed by atoms with Crippen molar-refractivity contribution in [3.05, 3.63) is 77.9 Å². The summed E-state index contributed by atoms with van der Waals surface area (Å²) in [6.45, 7) is 8.48. The number of thiazole rings is 5. The number of carbonyl (C=O) groups excluding carboxylic acids is 5. The zero-order valence-electron chi connectivity index (χ0n) is 31.6. The van der Waals surface area contributed by atoms with Crippen LogP contribution in [0.3, 0.4) is 0 Å². The highest BCUT2D eigenvalue weighted by Gasteiger charge is 2.27. The van der Waals surface area contributed by atoms with Crippen molar-refractivity contribution in [2.45, 2.75) is 53.2 Å². The average Bonchev–Trinajstić information content (AvgIpc) is 4.03. The van der Waals surface area contributed by atoms with E-state index in [0.29, 0.717) is 54.3 Å². The number of pyridine rings is 1. The zero-order chi connectivity index (χ0) is 41.7. The van der Waals surface area contributed by atoms with Crippen LogP contribution >= 0.6 is 56.7 Å². The lowest BCUT2D eigenvalue weighted by molar-refractivity contribution is -0.122. The first-order chi connectivity index (χ1) is 27.7. The van der Waals surface area contributed by atoms with Gasteiger partial charge >= 0.3 is 0 Å². The quantitative estimate of drug-likeness (QED) is 0.0755. The van der Waals surface area contributed by atoms with Gasteiger partial charge in [-0.15, -0.1) is 56.7 Å². The van der Waals surface area contributed by atoms with Gasteiger partial charge in [0.1, 0.15) is 71.7 Å². The van der Waals surface area contributed by atoms with Crippen LogP contribution in [0.15, 0.2) is 50.8 Å². The van der Waals surface area contributed by atoms with E-state index in [2.05, 4.69) is 44.7 Å². The van der Waals surface area contributed by atoms with E-state index in [4.69, 9.17) is 20.7 Å². The van der Waals surface area contributed by atoms with Crippen molar-refractivity contribution in [3.63, 3.8) is 0 Å². The van der Waals surface area contributed by atoms with Crippen molar-refractivity contribution in [2.75, 3.05) is 6.54 Å². The number of ketones is 1.